The van der Waals surface area contributed by atoms with E-state index < -0.39 is 11.7 Å². The van der Waals surface area contributed by atoms with E-state index in [-0.39, 0.29) is 10.6 Å². The lowest BCUT2D eigenvalue weighted by molar-refractivity contribution is -0.137. The molecule has 2 saturated heterocycles. The molecule has 488 valence electrons. The Hall–Kier alpha value is -3.11. The molecule has 3 heterocycles. The van der Waals surface area contributed by atoms with Crippen LogP contribution in [0.25, 0.3) is 0 Å². The largest absolute Gasteiger partial charge is 0.417 e. The molecular weight excluding hydrogens is 1100 g/mol. The van der Waals surface area contributed by atoms with E-state index in [4.69, 9.17) is 16.6 Å². The molecule has 6 N–H and O–H groups in total. The Kier molecular flexibility index (Phi) is 28.1. The maximum atomic E-state index is 13.7. The van der Waals surface area contributed by atoms with Gasteiger partial charge in [0.25, 0.3) is 0 Å². The Labute approximate surface area is 526 Å². The van der Waals surface area contributed by atoms with E-state index >= 15 is 0 Å². The molecule has 1 spiro atoms. The first-order valence-corrected chi connectivity index (χ1v) is 35.1. The SMILES string of the molecule is CC[C@H](C)[C@H]1CN[C@@H](CC(C)C)C(C)NCC2[C@H](C)CN2[C@@H](C(C)C)C(C)NC2(CCCC2)CNCCNC=CC(CCc2ccc(C(F)(F)F)c(Cl)c2)=NC=CN(C)C=C(CC2CCCCC2)N(C)C=C2CCCN2[C@@H](CC2CCCC2)C(C)N1. The van der Waals surface area contributed by atoms with Gasteiger partial charge in [-0.15, -0.1) is 0 Å². The minimum Gasteiger partial charge on any atom is -0.390 e. The molecule has 11 nitrogen and oxygen atoms in total. The molecule has 3 aliphatic heterocycles. The van der Waals surface area contributed by atoms with Crippen molar-refractivity contribution in [3.05, 3.63) is 82.8 Å². The highest BCUT2D eigenvalue weighted by atomic mass is 35.5. The van der Waals surface area contributed by atoms with Crippen molar-refractivity contribution in [2.24, 2.45) is 40.5 Å². The summed E-state index contributed by atoms with van der Waals surface area (Å²) in [7, 11) is 4.38. The molecule has 1 aromatic rings. The van der Waals surface area contributed by atoms with Crippen LogP contribution in [0, 0.1) is 35.5 Å². The van der Waals surface area contributed by atoms with Crippen LogP contribution in [0.4, 0.5) is 13.2 Å². The number of hydrogen-bond acceptors (Lipinski definition) is 11. The highest BCUT2D eigenvalue weighted by Crippen LogP contribution is 2.39. The van der Waals surface area contributed by atoms with Gasteiger partial charge in [0.05, 0.1) is 10.6 Å². The van der Waals surface area contributed by atoms with Crippen LogP contribution in [-0.4, -0.2) is 139 Å². The Morgan fingerprint density at radius 3 is 2.21 bits per heavy atom. The van der Waals surface area contributed by atoms with Gasteiger partial charge in [-0.05, 0) is 144 Å². The van der Waals surface area contributed by atoms with Crippen LogP contribution < -0.4 is 31.9 Å². The zero-order valence-corrected chi connectivity index (χ0v) is 56.6. The monoisotopic (exact) mass is 1220 g/mol. The zero-order valence-electron chi connectivity index (χ0n) is 55.8. The molecule has 1 aromatic carbocycles. The van der Waals surface area contributed by atoms with Gasteiger partial charge in [0.2, 0.25) is 0 Å². The van der Waals surface area contributed by atoms with Crippen LogP contribution >= 0.6 is 11.6 Å². The fourth-order valence-corrected chi connectivity index (χ4v) is 16.2. The number of nitrogens with zero attached hydrogens (tertiary/aromatic N) is 5. The normalized spacial score (nSPS) is 30.0. The summed E-state index contributed by atoms with van der Waals surface area (Å²) >= 11 is 6.21. The molecule has 0 aromatic heterocycles. The Balaban J connectivity index is 1.19. The van der Waals surface area contributed by atoms with E-state index in [1.54, 1.807) is 0 Å². The van der Waals surface area contributed by atoms with E-state index in [0.29, 0.717) is 90.8 Å². The van der Waals surface area contributed by atoms with Crippen LogP contribution in [0.1, 0.15) is 209 Å². The maximum absolute atomic E-state index is 13.7. The fraction of sp³-hybridized carbons (Fsp3) is 0.789. The third-order valence-corrected chi connectivity index (χ3v) is 21.4. The van der Waals surface area contributed by atoms with Crippen molar-refractivity contribution < 1.29 is 13.2 Å². The molecule has 7 rings (SSSR count). The van der Waals surface area contributed by atoms with Gasteiger partial charge in [-0.1, -0.05) is 143 Å². The van der Waals surface area contributed by atoms with Crippen molar-refractivity contribution in [3.63, 3.8) is 0 Å². The van der Waals surface area contributed by atoms with Crippen LogP contribution in [0.5, 0.6) is 0 Å². The van der Waals surface area contributed by atoms with Gasteiger partial charge in [-0.2, -0.15) is 13.2 Å². The van der Waals surface area contributed by atoms with Crippen LogP contribution in [0.3, 0.4) is 0 Å². The third-order valence-electron chi connectivity index (χ3n) is 21.1. The van der Waals surface area contributed by atoms with Gasteiger partial charge < -0.3 is 46.6 Å². The van der Waals surface area contributed by atoms with Crippen LogP contribution in [0.15, 0.2) is 71.7 Å². The van der Waals surface area contributed by atoms with Gasteiger partial charge in [-0.3, -0.25) is 9.89 Å². The first-order chi connectivity index (χ1) is 41.1. The lowest BCUT2D eigenvalue weighted by Crippen LogP contribution is -2.69. The number of fused-ring (bicyclic) bond motifs is 2. The number of alkyl halides is 3. The van der Waals surface area contributed by atoms with Gasteiger partial charge in [0, 0.05) is 156 Å². The molecule has 5 fully saturated rings. The average molecular weight is 1220 g/mol. The number of aryl methyl sites for hydroxylation is 1. The minimum atomic E-state index is -4.50. The minimum absolute atomic E-state index is 0.0556. The van der Waals surface area contributed by atoms with E-state index in [0.717, 1.165) is 94.8 Å². The number of aliphatic imine (C=N–C) groups is 1. The van der Waals surface area contributed by atoms with E-state index in [1.165, 1.54) is 120 Å². The smallest absolute Gasteiger partial charge is 0.390 e. The van der Waals surface area contributed by atoms with E-state index in [1.807, 2.05) is 24.7 Å². The zero-order chi connectivity index (χ0) is 62.0. The Bertz CT molecular complexity index is 2320. The van der Waals surface area contributed by atoms with Crippen molar-refractivity contribution in [1.29, 1.82) is 0 Å². The fourth-order valence-electron chi connectivity index (χ4n) is 15.9. The number of rotatable bonds is 12. The highest BCUT2D eigenvalue weighted by molar-refractivity contribution is 6.31. The lowest BCUT2D eigenvalue weighted by Gasteiger charge is -2.55. The van der Waals surface area contributed by atoms with E-state index in [9.17, 15) is 13.2 Å². The quantitative estimate of drug-likeness (QED) is 0.121. The van der Waals surface area contributed by atoms with Crippen molar-refractivity contribution >= 4 is 17.3 Å². The number of benzene rings is 1. The summed E-state index contributed by atoms with van der Waals surface area (Å²) in [6, 6.07) is 7.13. The van der Waals surface area contributed by atoms with E-state index in [2.05, 4.69) is 147 Å². The summed E-state index contributed by atoms with van der Waals surface area (Å²) < 4.78 is 41.0. The van der Waals surface area contributed by atoms with Crippen molar-refractivity contribution in [2.75, 3.05) is 59.9 Å². The summed E-state index contributed by atoms with van der Waals surface area (Å²) in [5.74, 6) is 3.69. The second kappa shape index (κ2) is 34.4. The molecular formula is C71H121ClF3N11. The molecule has 0 radical (unpaired) electrons. The second-order valence-electron chi connectivity index (χ2n) is 28.9. The summed E-state index contributed by atoms with van der Waals surface area (Å²) in [6.07, 6.45) is 32.7. The molecule has 6 aliphatic rings. The predicted molar refractivity (Wildman–Crippen MR) is 357 cm³/mol. The van der Waals surface area contributed by atoms with Crippen molar-refractivity contribution in [1.82, 2.24) is 51.5 Å². The van der Waals surface area contributed by atoms with Gasteiger partial charge in [0.1, 0.15) is 0 Å². The first kappa shape index (κ1) is 70.3. The topological polar surface area (TPSA) is 97.5 Å². The summed E-state index contributed by atoms with van der Waals surface area (Å²) in [5, 5.41) is 24.2. The van der Waals surface area contributed by atoms with Crippen LogP contribution in [0.2, 0.25) is 5.02 Å². The molecule has 15 heteroatoms. The molecule has 86 heavy (non-hydrogen) atoms. The maximum Gasteiger partial charge on any atom is 0.417 e. The molecule has 0 bridgehead atoms. The number of hydrogen-bond donors (Lipinski definition) is 6. The van der Waals surface area contributed by atoms with Crippen molar-refractivity contribution in [2.45, 2.75) is 264 Å². The first-order valence-electron chi connectivity index (χ1n) is 34.7. The van der Waals surface area contributed by atoms with Gasteiger partial charge in [-0.25, -0.2) is 0 Å². The molecule has 3 saturated carbocycles. The Morgan fingerprint density at radius 2 is 1.53 bits per heavy atom. The molecule has 10 atom stereocenters. The third kappa shape index (κ3) is 21.0. The van der Waals surface area contributed by atoms with Crippen LogP contribution in [-0.2, 0) is 12.6 Å². The summed E-state index contributed by atoms with van der Waals surface area (Å²) in [4.78, 5) is 15.3. The van der Waals surface area contributed by atoms with Gasteiger partial charge >= 0.3 is 6.18 Å². The standard InChI is InChI=1S/C71H121ClF3N11/c1-13-52(6)66-44-80-65(40-50(2)3)54(8)79-45-68-53(7)46-86(68)69(51(4)5)56(10)82-70(32-19-20-33-70)49-77-36-35-76-34-31-60(29-27-59-28-30-63(64(72)42-59)71(73,74)75)78-37-39-83(11)47-62(41-57-22-15-14-16-23-57)84(12)48-61-26-21-38-85(61)67(55(9)81-66)43-58-24-17-18-25-58/h28,30-31,34,37,39,42,47-48,50-58,65-69,76-77,79-82H,13-27,29,32-33,35-36,38,40-41,43-46,49H2,1-12H3/t52-,53+,54?,55?,56?,65-,66+,67-,68?,69-/m0/s1. The lowest BCUT2D eigenvalue weighted by atomic mass is 9.82. The molecule has 0 amide bonds. The number of allylic oxidation sites excluding steroid dienone is 3. The number of nitrogens with one attached hydrogen (secondary N) is 6. The average Bonchev–Trinajstić information content (AvgIpc) is 4.01. The Morgan fingerprint density at radius 1 is 0.814 bits per heavy atom. The van der Waals surface area contributed by atoms with Gasteiger partial charge in [0.15, 0.2) is 0 Å². The summed E-state index contributed by atoms with van der Waals surface area (Å²) in [5.41, 5.74) is 3.58. The predicted octanol–water partition coefficient (Wildman–Crippen LogP) is 14.5. The summed E-state index contributed by atoms with van der Waals surface area (Å²) in [6.45, 7) is 31.1. The van der Waals surface area contributed by atoms with Crippen molar-refractivity contribution in [3.8, 4) is 0 Å². The molecule has 4 unspecified atom stereocenters. The molecule has 3 aliphatic carbocycles. The highest BCUT2D eigenvalue weighted by Gasteiger charge is 2.45. The second-order valence-corrected chi connectivity index (χ2v) is 29.3. The number of halogens is 4.